The molecule has 0 spiro atoms. The fourth-order valence-electron chi connectivity index (χ4n) is 2.37. The highest BCUT2D eigenvalue weighted by molar-refractivity contribution is 6.19. The SMILES string of the molecule is Cc1cccc(C(C)(CCl)N2C(=O)CCC2=O)c1. The van der Waals surface area contributed by atoms with E-state index in [1.54, 1.807) is 0 Å². The molecule has 3 nitrogen and oxygen atoms in total. The zero-order valence-corrected chi connectivity index (χ0v) is 11.3. The Labute approximate surface area is 112 Å². The van der Waals surface area contributed by atoms with E-state index in [-0.39, 0.29) is 30.5 Å². The quantitative estimate of drug-likeness (QED) is 0.622. The van der Waals surface area contributed by atoms with Crippen LogP contribution in [0.4, 0.5) is 0 Å². The van der Waals surface area contributed by atoms with E-state index in [2.05, 4.69) is 0 Å². The third-order valence-corrected chi connectivity index (χ3v) is 3.97. The lowest BCUT2D eigenvalue weighted by Crippen LogP contribution is -2.48. The van der Waals surface area contributed by atoms with Crippen LogP contribution >= 0.6 is 11.6 Å². The summed E-state index contributed by atoms with van der Waals surface area (Å²) in [5.74, 6) is -0.0668. The van der Waals surface area contributed by atoms with Crippen LogP contribution in [0.2, 0.25) is 0 Å². The Morgan fingerprint density at radius 2 is 1.89 bits per heavy atom. The van der Waals surface area contributed by atoms with Gasteiger partial charge in [0.1, 0.15) is 0 Å². The van der Waals surface area contributed by atoms with Crippen molar-refractivity contribution in [1.29, 1.82) is 0 Å². The molecule has 0 N–H and O–H groups in total. The monoisotopic (exact) mass is 265 g/mol. The maximum absolute atomic E-state index is 11.9. The van der Waals surface area contributed by atoms with E-state index in [4.69, 9.17) is 11.6 Å². The number of imide groups is 1. The van der Waals surface area contributed by atoms with Crippen molar-refractivity contribution in [2.45, 2.75) is 32.2 Å². The van der Waals surface area contributed by atoms with Gasteiger partial charge in [0.05, 0.1) is 11.4 Å². The molecule has 1 heterocycles. The Kier molecular flexibility index (Phi) is 3.44. The van der Waals surface area contributed by atoms with E-state index < -0.39 is 5.54 Å². The van der Waals surface area contributed by atoms with Gasteiger partial charge in [0, 0.05) is 12.8 Å². The molecule has 1 aliphatic heterocycles. The van der Waals surface area contributed by atoms with Crippen LogP contribution in [0.1, 0.15) is 30.9 Å². The van der Waals surface area contributed by atoms with Gasteiger partial charge in [-0.3, -0.25) is 14.5 Å². The summed E-state index contributed by atoms with van der Waals surface area (Å²) < 4.78 is 0. The van der Waals surface area contributed by atoms with Gasteiger partial charge in [0.2, 0.25) is 11.8 Å². The number of alkyl halides is 1. The lowest BCUT2D eigenvalue weighted by Gasteiger charge is -2.36. The normalized spacial score (nSPS) is 19.2. The number of hydrogen-bond donors (Lipinski definition) is 0. The molecule has 1 unspecified atom stereocenters. The molecule has 0 radical (unpaired) electrons. The first-order chi connectivity index (χ1) is 8.49. The Balaban J connectivity index is 2.48. The first-order valence-corrected chi connectivity index (χ1v) is 6.51. The highest BCUT2D eigenvalue weighted by Gasteiger charge is 2.43. The van der Waals surface area contributed by atoms with Gasteiger partial charge in [-0.05, 0) is 19.4 Å². The summed E-state index contributed by atoms with van der Waals surface area (Å²) in [6, 6.07) is 7.78. The van der Waals surface area contributed by atoms with Crippen LogP contribution in [0.25, 0.3) is 0 Å². The van der Waals surface area contributed by atoms with Crippen molar-refractivity contribution in [2.75, 3.05) is 5.88 Å². The third kappa shape index (κ3) is 2.03. The van der Waals surface area contributed by atoms with E-state index >= 15 is 0 Å². The second-order valence-corrected chi connectivity index (χ2v) is 5.17. The fourth-order valence-corrected chi connectivity index (χ4v) is 2.65. The Hall–Kier alpha value is -1.35. The van der Waals surface area contributed by atoms with E-state index in [0.29, 0.717) is 0 Å². The van der Waals surface area contributed by atoms with Crippen LogP contribution in [0, 0.1) is 6.92 Å². The lowest BCUT2D eigenvalue weighted by molar-refractivity contribution is -0.144. The van der Waals surface area contributed by atoms with Crippen LogP contribution in [-0.2, 0) is 15.1 Å². The molecule has 0 aliphatic carbocycles. The number of benzene rings is 1. The van der Waals surface area contributed by atoms with Gasteiger partial charge in [-0.1, -0.05) is 29.8 Å². The summed E-state index contributed by atoms with van der Waals surface area (Å²) >= 11 is 6.06. The van der Waals surface area contributed by atoms with Gasteiger partial charge in [-0.25, -0.2) is 0 Å². The van der Waals surface area contributed by atoms with Crippen molar-refractivity contribution in [3.05, 3.63) is 35.4 Å². The van der Waals surface area contributed by atoms with Crippen molar-refractivity contribution >= 4 is 23.4 Å². The summed E-state index contributed by atoms with van der Waals surface area (Å²) in [7, 11) is 0. The van der Waals surface area contributed by atoms with Gasteiger partial charge in [-0.2, -0.15) is 0 Å². The van der Waals surface area contributed by atoms with E-state index in [9.17, 15) is 9.59 Å². The molecule has 1 saturated heterocycles. The first-order valence-electron chi connectivity index (χ1n) is 5.98. The summed E-state index contributed by atoms with van der Waals surface area (Å²) in [5, 5.41) is 0. The van der Waals surface area contributed by atoms with Gasteiger partial charge >= 0.3 is 0 Å². The van der Waals surface area contributed by atoms with Crippen LogP contribution in [0.5, 0.6) is 0 Å². The molecule has 1 fully saturated rings. The van der Waals surface area contributed by atoms with Crippen molar-refractivity contribution in [3.63, 3.8) is 0 Å². The third-order valence-electron chi connectivity index (χ3n) is 3.45. The predicted molar refractivity (Wildman–Crippen MR) is 70.3 cm³/mol. The minimum atomic E-state index is -0.752. The molecule has 0 bridgehead atoms. The van der Waals surface area contributed by atoms with Crippen LogP contribution in [0.3, 0.4) is 0 Å². The molecule has 1 atom stereocenters. The van der Waals surface area contributed by atoms with Gasteiger partial charge in [-0.15, -0.1) is 11.6 Å². The molecule has 1 aromatic rings. The van der Waals surface area contributed by atoms with Crippen molar-refractivity contribution in [1.82, 2.24) is 4.90 Å². The number of nitrogens with zero attached hydrogens (tertiary/aromatic N) is 1. The summed E-state index contributed by atoms with van der Waals surface area (Å²) in [6.45, 7) is 3.82. The standard InChI is InChI=1S/C14H16ClNO2/c1-10-4-3-5-11(8-10)14(2,9-15)16-12(17)6-7-13(16)18/h3-5,8H,6-7,9H2,1-2H3. The highest BCUT2D eigenvalue weighted by Crippen LogP contribution is 2.34. The number of halogens is 1. The molecule has 0 aromatic heterocycles. The van der Waals surface area contributed by atoms with Crippen LogP contribution in [0.15, 0.2) is 24.3 Å². The second kappa shape index (κ2) is 4.73. The van der Waals surface area contributed by atoms with Crippen LogP contribution < -0.4 is 0 Å². The molecule has 2 amide bonds. The average Bonchev–Trinajstić information content (AvgIpc) is 2.69. The zero-order chi connectivity index (χ0) is 13.3. The van der Waals surface area contributed by atoms with Crippen molar-refractivity contribution in [3.8, 4) is 0 Å². The Morgan fingerprint density at radius 3 is 2.39 bits per heavy atom. The fraction of sp³-hybridized carbons (Fsp3) is 0.429. The second-order valence-electron chi connectivity index (χ2n) is 4.90. The van der Waals surface area contributed by atoms with Gasteiger partial charge < -0.3 is 0 Å². The number of rotatable bonds is 3. The maximum Gasteiger partial charge on any atom is 0.230 e. The maximum atomic E-state index is 11.9. The summed E-state index contributed by atoms with van der Waals surface area (Å²) in [5.41, 5.74) is 1.24. The first kappa shape index (κ1) is 13.1. The van der Waals surface area contributed by atoms with E-state index in [1.165, 1.54) is 4.90 Å². The molecule has 1 aliphatic rings. The van der Waals surface area contributed by atoms with Gasteiger partial charge in [0.15, 0.2) is 0 Å². The lowest BCUT2D eigenvalue weighted by atomic mass is 9.91. The van der Waals surface area contributed by atoms with E-state index in [1.807, 2.05) is 38.1 Å². The molecule has 96 valence electrons. The molecular formula is C14H16ClNO2. The minimum absolute atomic E-state index is 0.135. The number of carbonyl (C=O) groups is 2. The molecule has 18 heavy (non-hydrogen) atoms. The molecular weight excluding hydrogens is 250 g/mol. The molecule has 0 saturated carbocycles. The molecule has 4 heteroatoms. The highest BCUT2D eigenvalue weighted by atomic mass is 35.5. The summed E-state index contributed by atoms with van der Waals surface area (Å²) in [4.78, 5) is 25.1. The molecule has 1 aromatic carbocycles. The number of likely N-dealkylation sites (tertiary alicyclic amines) is 1. The predicted octanol–water partition coefficient (Wildman–Crippen LogP) is 2.60. The average molecular weight is 266 g/mol. The topological polar surface area (TPSA) is 37.4 Å². The smallest absolute Gasteiger partial charge is 0.230 e. The zero-order valence-electron chi connectivity index (χ0n) is 10.6. The molecule has 2 rings (SSSR count). The van der Waals surface area contributed by atoms with Crippen molar-refractivity contribution < 1.29 is 9.59 Å². The van der Waals surface area contributed by atoms with Crippen LogP contribution in [-0.4, -0.2) is 22.6 Å². The number of aryl methyl sites for hydroxylation is 1. The number of carbonyl (C=O) groups excluding carboxylic acids is 2. The summed E-state index contributed by atoms with van der Waals surface area (Å²) in [6.07, 6.45) is 0.578. The number of amides is 2. The van der Waals surface area contributed by atoms with E-state index in [0.717, 1.165) is 11.1 Å². The largest absolute Gasteiger partial charge is 0.274 e. The minimum Gasteiger partial charge on any atom is -0.274 e. The number of hydrogen-bond acceptors (Lipinski definition) is 2. The van der Waals surface area contributed by atoms with Gasteiger partial charge in [0.25, 0.3) is 0 Å². The van der Waals surface area contributed by atoms with Crippen molar-refractivity contribution in [2.24, 2.45) is 0 Å². The Bertz CT molecular complexity index is 484. The Morgan fingerprint density at radius 1 is 1.28 bits per heavy atom.